The summed E-state index contributed by atoms with van der Waals surface area (Å²) in [6.45, 7) is 0. The lowest BCUT2D eigenvalue weighted by Crippen LogP contribution is -2.02. The maximum Gasteiger partial charge on any atom is 0.195 e. The first kappa shape index (κ1) is 11.9. The van der Waals surface area contributed by atoms with Crippen LogP contribution in [0, 0.1) is 0 Å². The third-order valence-electron chi connectivity index (χ3n) is 3.02. The van der Waals surface area contributed by atoms with Crippen molar-refractivity contribution in [3.8, 4) is 0 Å². The van der Waals surface area contributed by atoms with Crippen LogP contribution in [0.1, 0.15) is 15.9 Å². The summed E-state index contributed by atoms with van der Waals surface area (Å²) in [6.07, 6.45) is 1.51. The highest BCUT2D eigenvalue weighted by atomic mass is 35.5. The third-order valence-corrected chi connectivity index (χ3v) is 3.25. The molecule has 3 heteroatoms. The Morgan fingerprint density at radius 3 is 2.53 bits per heavy atom. The Labute approximate surface area is 115 Å². The van der Waals surface area contributed by atoms with Crippen molar-refractivity contribution >= 4 is 28.2 Å². The van der Waals surface area contributed by atoms with Crippen molar-refractivity contribution in [2.75, 3.05) is 0 Å². The first-order valence-electron chi connectivity index (χ1n) is 5.90. The summed E-state index contributed by atoms with van der Waals surface area (Å²) < 4.78 is 0. The van der Waals surface area contributed by atoms with Gasteiger partial charge < -0.3 is 0 Å². The maximum atomic E-state index is 12.5. The van der Waals surface area contributed by atoms with E-state index < -0.39 is 0 Å². The van der Waals surface area contributed by atoms with Crippen molar-refractivity contribution in [1.29, 1.82) is 0 Å². The molecule has 3 rings (SSSR count). The van der Waals surface area contributed by atoms with Crippen LogP contribution in [0.15, 0.2) is 60.8 Å². The molecule has 0 atom stereocenters. The van der Waals surface area contributed by atoms with E-state index in [9.17, 15) is 4.79 Å². The molecule has 0 N–H and O–H groups in total. The van der Waals surface area contributed by atoms with Gasteiger partial charge in [-0.1, -0.05) is 54.1 Å². The number of halogens is 1. The fourth-order valence-electron chi connectivity index (χ4n) is 2.09. The van der Waals surface area contributed by atoms with Crippen LogP contribution in [-0.4, -0.2) is 10.8 Å². The van der Waals surface area contributed by atoms with E-state index >= 15 is 0 Å². The fourth-order valence-corrected chi connectivity index (χ4v) is 2.20. The van der Waals surface area contributed by atoms with Gasteiger partial charge in [0.15, 0.2) is 5.78 Å². The van der Waals surface area contributed by atoms with Gasteiger partial charge in [-0.05, 0) is 22.9 Å². The highest BCUT2D eigenvalue weighted by Crippen LogP contribution is 2.21. The summed E-state index contributed by atoms with van der Waals surface area (Å²) in [4.78, 5) is 16.4. The molecule has 0 radical (unpaired) electrons. The van der Waals surface area contributed by atoms with E-state index in [4.69, 9.17) is 11.6 Å². The lowest BCUT2D eigenvalue weighted by atomic mass is 9.98. The molecule has 0 aliphatic rings. The molecule has 1 aromatic heterocycles. The lowest BCUT2D eigenvalue weighted by molar-refractivity contribution is 0.104. The Morgan fingerprint density at radius 1 is 0.947 bits per heavy atom. The van der Waals surface area contributed by atoms with Gasteiger partial charge in [0.25, 0.3) is 0 Å². The molecule has 2 aromatic carbocycles. The number of carbonyl (C=O) groups is 1. The number of aromatic nitrogens is 1. The van der Waals surface area contributed by atoms with Crippen LogP contribution in [0.3, 0.4) is 0 Å². The number of nitrogens with zero attached hydrogens (tertiary/aromatic N) is 1. The molecule has 0 saturated heterocycles. The molecule has 19 heavy (non-hydrogen) atoms. The van der Waals surface area contributed by atoms with Crippen LogP contribution in [-0.2, 0) is 0 Å². The Morgan fingerprint density at radius 2 is 1.74 bits per heavy atom. The van der Waals surface area contributed by atoms with Gasteiger partial charge in [0.05, 0.1) is 0 Å². The number of fused-ring (bicyclic) bond motifs is 1. The van der Waals surface area contributed by atoms with Crippen molar-refractivity contribution in [2.45, 2.75) is 0 Å². The van der Waals surface area contributed by atoms with Gasteiger partial charge in [-0.25, -0.2) is 4.98 Å². The molecule has 0 aliphatic carbocycles. The summed E-state index contributed by atoms with van der Waals surface area (Å²) in [6, 6.07) is 16.9. The van der Waals surface area contributed by atoms with Crippen LogP contribution in [0.5, 0.6) is 0 Å². The van der Waals surface area contributed by atoms with Crippen molar-refractivity contribution in [3.63, 3.8) is 0 Å². The zero-order valence-corrected chi connectivity index (χ0v) is 10.8. The predicted molar refractivity (Wildman–Crippen MR) is 76.6 cm³/mol. The number of carbonyl (C=O) groups excluding carboxylic acids is 1. The molecule has 3 aromatic rings. The minimum atomic E-state index is -0.0408. The molecule has 0 amide bonds. The highest BCUT2D eigenvalue weighted by molar-refractivity contribution is 6.29. The zero-order chi connectivity index (χ0) is 13.2. The fraction of sp³-hybridized carbons (Fsp3) is 0. The van der Waals surface area contributed by atoms with Crippen molar-refractivity contribution in [3.05, 3.63) is 77.1 Å². The number of pyridine rings is 1. The summed E-state index contributed by atoms with van der Waals surface area (Å²) in [5.74, 6) is -0.0408. The smallest absolute Gasteiger partial charge is 0.195 e. The van der Waals surface area contributed by atoms with E-state index in [1.165, 1.54) is 6.20 Å². The Hall–Kier alpha value is -2.19. The number of benzene rings is 2. The molecule has 0 aliphatic heterocycles. The molecule has 2 nitrogen and oxygen atoms in total. The summed E-state index contributed by atoms with van der Waals surface area (Å²) >= 11 is 5.74. The van der Waals surface area contributed by atoms with E-state index in [0.717, 1.165) is 10.8 Å². The van der Waals surface area contributed by atoms with E-state index in [-0.39, 0.29) is 5.78 Å². The normalized spacial score (nSPS) is 10.6. The zero-order valence-electron chi connectivity index (χ0n) is 10.0. The maximum absolute atomic E-state index is 12.5. The van der Waals surface area contributed by atoms with Crippen LogP contribution in [0.4, 0.5) is 0 Å². The topological polar surface area (TPSA) is 30.0 Å². The monoisotopic (exact) mass is 267 g/mol. The van der Waals surface area contributed by atoms with Gasteiger partial charge in [0.2, 0.25) is 0 Å². The third kappa shape index (κ3) is 2.23. The second kappa shape index (κ2) is 4.82. The molecule has 1 heterocycles. The van der Waals surface area contributed by atoms with Gasteiger partial charge in [0, 0.05) is 17.3 Å². The van der Waals surface area contributed by atoms with Gasteiger partial charge >= 0.3 is 0 Å². The number of rotatable bonds is 2. The highest BCUT2D eigenvalue weighted by Gasteiger charge is 2.12. The van der Waals surface area contributed by atoms with E-state index in [0.29, 0.717) is 16.3 Å². The van der Waals surface area contributed by atoms with Crippen molar-refractivity contribution in [1.82, 2.24) is 4.98 Å². The second-order valence-electron chi connectivity index (χ2n) is 4.23. The molecular weight excluding hydrogens is 258 g/mol. The molecular formula is C16H10ClNO. The van der Waals surface area contributed by atoms with Crippen molar-refractivity contribution in [2.24, 2.45) is 0 Å². The number of hydrogen-bond donors (Lipinski definition) is 0. The Kier molecular flexibility index (Phi) is 3.02. The Bertz CT molecular complexity index is 745. The van der Waals surface area contributed by atoms with Crippen molar-refractivity contribution < 1.29 is 4.79 Å². The minimum Gasteiger partial charge on any atom is -0.289 e. The molecule has 0 saturated carbocycles. The largest absolute Gasteiger partial charge is 0.289 e. The standard InChI is InChI=1S/C16H10ClNO/c17-15-9-8-12(10-18-15)16(19)14-7-3-5-11-4-1-2-6-13(11)14/h1-10H. The first-order valence-corrected chi connectivity index (χ1v) is 6.27. The van der Waals surface area contributed by atoms with Gasteiger partial charge in [-0.2, -0.15) is 0 Å². The van der Waals surface area contributed by atoms with E-state index in [1.807, 2.05) is 42.5 Å². The van der Waals surface area contributed by atoms with Gasteiger partial charge in [0.1, 0.15) is 5.15 Å². The molecule has 92 valence electrons. The van der Waals surface area contributed by atoms with Crippen LogP contribution in [0.25, 0.3) is 10.8 Å². The van der Waals surface area contributed by atoms with Gasteiger partial charge in [-0.15, -0.1) is 0 Å². The SMILES string of the molecule is O=C(c1ccc(Cl)nc1)c1cccc2ccccc12. The molecule has 0 bridgehead atoms. The van der Waals surface area contributed by atoms with Crippen LogP contribution < -0.4 is 0 Å². The number of ketones is 1. The molecule has 0 spiro atoms. The summed E-state index contributed by atoms with van der Waals surface area (Å²) in [5.41, 5.74) is 1.22. The van der Waals surface area contributed by atoms with Gasteiger partial charge in [-0.3, -0.25) is 4.79 Å². The summed E-state index contributed by atoms with van der Waals surface area (Å²) in [7, 11) is 0. The van der Waals surface area contributed by atoms with E-state index in [1.54, 1.807) is 12.1 Å². The summed E-state index contributed by atoms with van der Waals surface area (Å²) in [5, 5.41) is 2.38. The molecule has 0 fully saturated rings. The quantitative estimate of drug-likeness (QED) is 0.516. The van der Waals surface area contributed by atoms with E-state index in [2.05, 4.69) is 4.98 Å². The van der Waals surface area contributed by atoms with Crippen LogP contribution >= 0.6 is 11.6 Å². The molecule has 0 unspecified atom stereocenters. The second-order valence-corrected chi connectivity index (χ2v) is 4.61. The number of hydrogen-bond acceptors (Lipinski definition) is 2. The predicted octanol–water partition coefficient (Wildman–Crippen LogP) is 4.12. The average molecular weight is 268 g/mol. The Balaban J connectivity index is 2.14. The average Bonchev–Trinajstić information content (AvgIpc) is 2.47. The lowest BCUT2D eigenvalue weighted by Gasteiger charge is -2.05. The first-order chi connectivity index (χ1) is 9.25. The van der Waals surface area contributed by atoms with Crippen LogP contribution in [0.2, 0.25) is 5.15 Å². The minimum absolute atomic E-state index is 0.0408.